The Morgan fingerprint density at radius 2 is 1.66 bits per heavy atom. The van der Waals surface area contributed by atoms with Gasteiger partial charge in [0.05, 0.1) is 37.7 Å². The van der Waals surface area contributed by atoms with E-state index in [9.17, 15) is 29.3 Å². The molecule has 2 amide bonds. The number of allylic oxidation sites excluding steroid dienone is 1. The van der Waals surface area contributed by atoms with E-state index in [4.69, 9.17) is 4.43 Å². The van der Waals surface area contributed by atoms with E-state index in [2.05, 4.69) is 45.0 Å². The van der Waals surface area contributed by atoms with Crippen molar-refractivity contribution in [3.63, 3.8) is 0 Å². The molecule has 3 aromatic carbocycles. The van der Waals surface area contributed by atoms with Gasteiger partial charge in [0.15, 0.2) is 11.6 Å². The van der Waals surface area contributed by atoms with Gasteiger partial charge in [0.1, 0.15) is 0 Å². The minimum atomic E-state index is -3.04. The molecule has 1 saturated heterocycles. The third-order valence-electron chi connectivity index (χ3n) is 10.8. The van der Waals surface area contributed by atoms with Crippen LogP contribution in [0.5, 0.6) is 5.75 Å². The van der Waals surface area contributed by atoms with E-state index in [1.54, 1.807) is 12.1 Å². The smallest absolute Gasteiger partial charge is 0.261 e. The second-order valence-electron chi connectivity index (χ2n) is 15.2. The zero-order valence-electron chi connectivity index (χ0n) is 30.7. The van der Waals surface area contributed by atoms with Crippen molar-refractivity contribution >= 4 is 47.9 Å². The average molecular weight is 754 g/mol. The number of carbonyl (C=O) groups excluding carboxylic acids is 2. The van der Waals surface area contributed by atoms with Gasteiger partial charge in [-0.2, -0.15) is 0 Å². The molecule has 0 radical (unpaired) electrons. The summed E-state index contributed by atoms with van der Waals surface area (Å²) in [6.07, 6.45) is 1.72. The number of thiophene rings is 1. The summed E-state index contributed by atoms with van der Waals surface area (Å²) in [5, 5.41) is 36.5. The van der Waals surface area contributed by atoms with Gasteiger partial charge in [-0.1, -0.05) is 105 Å². The summed E-state index contributed by atoms with van der Waals surface area (Å²) in [6.45, 7) is 8.33. The number of aliphatic hydroxyl groups excluding tert-OH is 2. The van der Waals surface area contributed by atoms with Gasteiger partial charge in [-0.25, -0.2) is 4.39 Å². The first-order valence-electron chi connectivity index (χ1n) is 18.1. The number of benzene rings is 3. The zero-order valence-corrected chi connectivity index (χ0v) is 32.5. The van der Waals surface area contributed by atoms with Crippen LogP contribution in [-0.2, 0) is 20.6 Å². The van der Waals surface area contributed by atoms with Crippen LogP contribution in [0.25, 0.3) is 6.08 Å². The Bertz CT molecular complexity index is 1940. The van der Waals surface area contributed by atoms with E-state index in [-0.39, 0.29) is 42.8 Å². The van der Waals surface area contributed by atoms with Gasteiger partial charge in [0.2, 0.25) is 11.8 Å². The maximum absolute atomic E-state index is 14.1. The number of phenolic OH excluding ortho intramolecular Hbond substituents is 1. The highest BCUT2D eigenvalue weighted by molar-refractivity contribution is 7.09. The fourth-order valence-corrected chi connectivity index (χ4v) is 13.6. The Hall–Kier alpha value is -4.19. The third-order valence-corrected chi connectivity index (χ3v) is 16.6. The van der Waals surface area contributed by atoms with Crippen LogP contribution >= 0.6 is 11.3 Å². The number of aliphatic hydroxyl groups is 2. The first kappa shape index (κ1) is 38.5. The normalized spacial score (nSPS) is 20.2. The molecule has 0 bridgehead atoms. The maximum Gasteiger partial charge on any atom is 0.261 e. The summed E-state index contributed by atoms with van der Waals surface area (Å²) in [5.41, 5.74) is 2.77. The first-order valence-corrected chi connectivity index (χ1v) is 20.9. The van der Waals surface area contributed by atoms with Crippen molar-refractivity contribution in [2.75, 3.05) is 13.2 Å². The SMILES string of the molecule is C/C(=C\c1ccc(O)c(F)c1)CC[C@@H](O)C1=C(CO[Si](c2ccccc2)(c2ccccc2)C(C)(C)C)C[C@H]2C(=O)N(Cc3cccs3)C(=O)[C@H]2[C@H]1CO. The third kappa shape index (κ3) is 7.74. The lowest BCUT2D eigenvalue weighted by atomic mass is 9.68. The monoisotopic (exact) mass is 753 g/mol. The molecule has 278 valence electrons. The average Bonchev–Trinajstić information content (AvgIpc) is 3.75. The number of aromatic hydroxyl groups is 1. The summed E-state index contributed by atoms with van der Waals surface area (Å²) in [4.78, 5) is 30.3. The number of carbonyl (C=O) groups is 2. The number of halogens is 1. The highest BCUT2D eigenvalue weighted by Gasteiger charge is 2.56. The van der Waals surface area contributed by atoms with Crippen molar-refractivity contribution in [3.05, 3.63) is 129 Å². The Labute approximate surface area is 316 Å². The van der Waals surface area contributed by atoms with Crippen LogP contribution in [0.3, 0.4) is 0 Å². The second-order valence-corrected chi connectivity index (χ2v) is 20.6. The molecule has 1 fully saturated rings. The molecule has 0 unspecified atom stereocenters. The Morgan fingerprint density at radius 3 is 2.23 bits per heavy atom. The van der Waals surface area contributed by atoms with Crippen molar-refractivity contribution in [3.8, 4) is 5.75 Å². The number of imide groups is 1. The topological polar surface area (TPSA) is 107 Å². The van der Waals surface area contributed by atoms with E-state index in [1.165, 1.54) is 28.4 Å². The van der Waals surface area contributed by atoms with Crippen LogP contribution in [0, 0.1) is 23.6 Å². The Balaban J connectivity index is 1.39. The van der Waals surface area contributed by atoms with Gasteiger partial charge in [-0.05, 0) is 81.9 Å². The minimum Gasteiger partial charge on any atom is -0.505 e. The van der Waals surface area contributed by atoms with Gasteiger partial charge in [0.25, 0.3) is 8.32 Å². The van der Waals surface area contributed by atoms with Gasteiger partial charge in [-0.15, -0.1) is 11.3 Å². The van der Waals surface area contributed by atoms with Crippen molar-refractivity contribution in [1.29, 1.82) is 0 Å². The summed E-state index contributed by atoms with van der Waals surface area (Å²) >= 11 is 1.48. The molecule has 53 heavy (non-hydrogen) atoms. The first-order chi connectivity index (χ1) is 25.4. The lowest BCUT2D eigenvalue weighted by molar-refractivity contribution is -0.140. The summed E-state index contributed by atoms with van der Waals surface area (Å²) < 4.78 is 21.4. The molecule has 1 aromatic heterocycles. The molecule has 2 aliphatic rings. The molecule has 0 spiro atoms. The number of hydrogen-bond donors (Lipinski definition) is 3. The highest BCUT2D eigenvalue weighted by atomic mass is 32.1. The quantitative estimate of drug-likeness (QED) is 0.0786. The molecule has 6 rings (SSSR count). The van der Waals surface area contributed by atoms with Crippen LogP contribution in [0.1, 0.15) is 57.4 Å². The van der Waals surface area contributed by atoms with Gasteiger partial charge < -0.3 is 19.7 Å². The molecule has 4 aromatic rings. The number of likely N-dealkylation sites (tertiary alicyclic amines) is 1. The van der Waals surface area contributed by atoms with Gasteiger partial charge in [0, 0.05) is 10.8 Å². The molecule has 7 nitrogen and oxygen atoms in total. The summed E-state index contributed by atoms with van der Waals surface area (Å²) in [6, 6.07) is 28.4. The molecule has 1 aliphatic heterocycles. The molecule has 0 saturated carbocycles. The van der Waals surface area contributed by atoms with Crippen molar-refractivity contribution in [1.82, 2.24) is 4.90 Å². The largest absolute Gasteiger partial charge is 0.505 e. The molecule has 2 heterocycles. The van der Waals surface area contributed by atoms with Crippen LogP contribution in [0.4, 0.5) is 4.39 Å². The molecule has 3 N–H and O–H groups in total. The molecule has 1 aliphatic carbocycles. The number of hydrogen-bond acceptors (Lipinski definition) is 7. The van der Waals surface area contributed by atoms with Crippen LogP contribution in [0.15, 0.2) is 113 Å². The number of nitrogens with zero attached hydrogens (tertiary/aromatic N) is 1. The van der Waals surface area contributed by atoms with Crippen molar-refractivity contribution in [2.24, 2.45) is 17.8 Å². The number of phenols is 1. The number of amides is 2. The van der Waals surface area contributed by atoms with Crippen LogP contribution < -0.4 is 10.4 Å². The summed E-state index contributed by atoms with van der Waals surface area (Å²) in [7, 11) is -3.04. The number of fused-ring (bicyclic) bond motifs is 1. The van der Waals surface area contributed by atoms with Gasteiger partial charge >= 0.3 is 0 Å². The standard InChI is InChI=1S/C43H48FNO6SSi/c1-28(22-29-18-20-37(47)36(44)23-29)17-19-38(48)39-30(24-34-40(35(39)26-46)42(50)45(41(34)49)25-31-12-11-21-52-31)27-51-53(43(2,3)4,32-13-7-5-8-14-32)33-15-9-6-10-16-33/h5-16,18,20-23,34-35,38,40,46-48H,17,19,24-27H2,1-4H3/b28-22+/t34-,35+,38-,40-/m1/s1. The molecule has 4 atom stereocenters. The second kappa shape index (κ2) is 16.0. The van der Waals surface area contributed by atoms with Crippen LogP contribution in [0.2, 0.25) is 5.04 Å². The summed E-state index contributed by atoms with van der Waals surface area (Å²) in [5.74, 6) is -3.98. The predicted molar refractivity (Wildman–Crippen MR) is 210 cm³/mol. The number of rotatable bonds is 13. The minimum absolute atomic E-state index is 0.118. The van der Waals surface area contributed by atoms with Crippen LogP contribution in [-0.4, -0.2) is 59.7 Å². The van der Waals surface area contributed by atoms with E-state index in [1.807, 2.05) is 60.8 Å². The van der Waals surface area contributed by atoms with E-state index in [0.717, 1.165) is 26.4 Å². The molecular weight excluding hydrogens is 706 g/mol. The predicted octanol–water partition coefficient (Wildman–Crippen LogP) is 6.82. The van der Waals surface area contributed by atoms with Crippen molar-refractivity contribution < 1.29 is 33.7 Å². The lowest BCUT2D eigenvalue weighted by Crippen LogP contribution is -2.66. The fraction of sp³-hybridized carbons (Fsp3) is 0.349. The highest BCUT2D eigenvalue weighted by Crippen LogP contribution is 2.47. The van der Waals surface area contributed by atoms with Crippen molar-refractivity contribution in [2.45, 2.75) is 64.6 Å². The van der Waals surface area contributed by atoms with E-state index in [0.29, 0.717) is 17.6 Å². The lowest BCUT2D eigenvalue weighted by Gasteiger charge is -2.44. The molecule has 10 heteroatoms. The zero-order chi connectivity index (χ0) is 37.9. The van der Waals surface area contributed by atoms with E-state index >= 15 is 0 Å². The Morgan fingerprint density at radius 1 is 1.00 bits per heavy atom. The Kier molecular flexibility index (Phi) is 11.7. The maximum atomic E-state index is 14.1. The fourth-order valence-electron chi connectivity index (χ4n) is 8.32. The van der Waals surface area contributed by atoms with Gasteiger partial charge in [-0.3, -0.25) is 14.5 Å². The molecular formula is C43H48FNO6SSi. The van der Waals surface area contributed by atoms with E-state index < -0.39 is 50.3 Å².